The zero-order valence-corrected chi connectivity index (χ0v) is 19.2. The van der Waals surface area contributed by atoms with Gasteiger partial charge in [0.15, 0.2) is 10.8 Å². The van der Waals surface area contributed by atoms with E-state index in [1.165, 1.54) is 12.1 Å². The van der Waals surface area contributed by atoms with E-state index >= 15 is 0 Å². The summed E-state index contributed by atoms with van der Waals surface area (Å²) in [5.74, 6) is 0.611. The van der Waals surface area contributed by atoms with Crippen LogP contribution in [0.3, 0.4) is 0 Å². The van der Waals surface area contributed by atoms with Crippen LogP contribution in [0.15, 0.2) is 35.6 Å². The lowest BCUT2D eigenvalue weighted by Gasteiger charge is -2.10. The third-order valence-electron chi connectivity index (χ3n) is 4.52. The number of amides is 1. The Hall–Kier alpha value is -3.21. The van der Waals surface area contributed by atoms with Crippen LogP contribution in [0, 0.1) is 10.1 Å². The molecule has 0 radical (unpaired) electrons. The average Bonchev–Trinajstić information content (AvgIpc) is 3.15. The number of hydrogen-bond acceptors (Lipinski definition) is 8. The molecule has 32 heavy (non-hydrogen) atoms. The molecule has 3 aromatic rings. The first-order chi connectivity index (χ1) is 15.4. The molecule has 0 unspecified atom stereocenters. The van der Waals surface area contributed by atoms with E-state index in [2.05, 4.69) is 46.5 Å². The second kappa shape index (κ2) is 10.9. The Morgan fingerprint density at radius 1 is 1.22 bits per heavy atom. The van der Waals surface area contributed by atoms with Gasteiger partial charge in [0.25, 0.3) is 5.69 Å². The lowest BCUT2D eigenvalue weighted by molar-refractivity contribution is -0.384. The summed E-state index contributed by atoms with van der Waals surface area (Å²) in [4.78, 5) is 31.8. The highest BCUT2D eigenvalue weighted by Crippen LogP contribution is 2.26. The van der Waals surface area contributed by atoms with Crippen LogP contribution in [0.5, 0.6) is 0 Å². The normalized spacial score (nSPS) is 11.1. The van der Waals surface area contributed by atoms with Crippen molar-refractivity contribution < 1.29 is 9.72 Å². The van der Waals surface area contributed by atoms with Crippen molar-refractivity contribution >= 4 is 40.2 Å². The molecule has 1 aromatic carbocycles. The molecule has 0 bridgehead atoms. The van der Waals surface area contributed by atoms with Gasteiger partial charge in [0.1, 0.15) is 5.82 Å². The van der Waals surface area contributed by atoms with Gasteiger partial charge in [0.05, 0.1) is 29.5 Å². The van der Waals surface area contributed by atoms with Crippen LogP contribution in [-0.2, 0) is 17.8 Å². The maximum Gasteiger partial charge on any atom is 0.269 e. The molecular formula is C21H27N7O3S. The number of nitro groups is 1. The van der Waals surface area contributed by atoms with E-state index in [-0.39, 0.29) is 18.0 Å². The molecule has 0 atom stereocenters. The fraction of sp³-hybridized carbons (Fsp3) is 0.429. The SMILES string of the molecule is CCCNc1nc(SC(C)C)nc2c1cnn2CCNC(=O)Cc1ccc([N+](=O)[O-])cc1. The van der Waals surface area contributed by atoms with Gasteiger partial charge in [-0.15, -0.1) is 0 Å². The zero-order valence-electron chi connectivity index (χ0n) is 18.4. The lowest BCUT2D eigenvalue weighted by Crippen LogP contribution is -2.28. The number of fused-ring (bicyclic) bond motifs is 1. The number of benzene rings is 1. The van der Waals surface area contributed by atoms with E-state index < -0.39 is 4.92 Å². The standard InChI is InChI=1S/C21H27N7O3S/c1-4-9-23-19-17-13-24-27(20(17)26-21(25-19)32-14(2)3)11-10-22-18(29)12-15-5-7-16(8-6-15)28(30)31/h5-8,13-14H,4,9-12H2,1-3H3,(H,22,29)(H,23,25,26). The largest absolute Gasteiger partial charge is 0.369 e. The fourth-order valence-corrected chi connectivity index (χ4v) is 3.73. The Morgan fingerprint density at radius 3 is 2.62 bits per heavy atom. The first-order valence-corrected chi connectivity index (χ1v) is 11.4. The first kappa shape index (κ1) is 23.5. The molecule has 0 fully saturated rings. The van der Waals surface area contributed by atoms with Crippen LogP contribution in [0.2, 0.25) is 0 Å². The van der Waals surface area contributed by atoms with Gasteiger partial charge in [-0.3, -0.25) is 14.9 Å². The van der Waals surface area contributed by atoms with Crippen molar-refractivity contribution in [2.24, 2.45) is 0 Å². The zero-order chi connectivity index (χ0) is 23.1. The highest BCUT2D eigenvalue weighted by atomic mass is 32.2. The van der Waals surface area contributed by atoms with Crippen LogP contribution in [0.25, 0.3) is 11.0 Å². The van der Waals surface area contributed by atoms with Crippen LogP contribution in [0.1, 0.15) is 32.8 Å². The van der Waals surface area contributed by atoms with Crippen molar-refractivity contribution in [2.45, 2.75) is 50.6 Å². The van der Waals surface area contributed by atoms with E-state index in [4.69, 9.17) is 0 Å². The number of rotatable bonds is 11. The van der Waals surface area contributed by atoms with Crippen molar-refractivity contribution in [3.63, 3.8) is 0 Å². The monoisotopic (exact) mass is 457 g/mol. The molecule has 0 aliphatic heterocycles. The smallest absolute Gasteiger partial charge is 0.269 e. The summed E-state index contributed by atoms with van der Waals surface area (Å²) in [6.07, 6.45) is 2.88. The third kappa shape index (κ3) is 6.16. The topological polar surface area (TPSA) is 128 Å². The minimum Gasteiger partial charge on any atom is -0.369 e. The predicted molar refractivity (Wildman–Crippen MR) is 125 cm³/mol. The molecule has 170 valence electrons. The number of non-ortho nitro benzene ring substituents is 1. The summed E-state index contributed by atoms with van der Waals surface area (Å²) in [6, 6.07) is 5.98. The average molecular weight is 458 g/mol. The highest BCUT2D eigenvalue weighted by molar-refractivity contribution is 7.99. The van der Waals surface area contributed by atoms with Gasteiger partial charge in [0.2, 0.25) is 5.91 Å². The summed E-state index contributed by atoms with van der Waals surface area (Å²) in [7, 11) is 0. The van der Waals surface area contributed by atoms with Gasteiger partial charge in [-0.2, -0.15) is 5.10 Å². The van der Waals surface area contributed by atoms with E-state index in [1.54, 1.807) is 34.8 Å². The summed E-state index contributed by atoms with van der Waals surface area (Å²) >= 11 is 1.59. The highest BCUT2D eigenvalue weighted by Gasteiger charge is 2.14. The van der Waals surface area contributed by atoms with Crippen molar-refractivity contribution in [1.82, 2.24) is 25.1 Å². The Bertz CT molecular complexity index is 1080. The van der Waals surface area contributed by atoms with Crippen molar-refractivity contribution in [3.05, 3.63) is 46.1 Å². The van der Waals surface area contributed by atoms with Gasteiger partial charge >= 0.3 is 0 Å². The number of nitrogens with zero attached hydrogens (tertiary/aromatic N) is 5. The number of anilines is 1. The molecule has 2 heterocycles. The number of carbonyl (C=O) groups excluding carboxylic acids is 1. The summed E-state index contributed by atoms with van der Waals surface area (Å²) in [5.41, 5.74) is 1.45. The Morgan fingerprint density at radius 2 is 1.97 bits per heavy atom. The number of nitro benzene ring substituents is 1. The molecule has 11 heteroatoms. The van der Waals surface area contributed by atoms with Gasteiger partial charge in [-0.1, -0.05) is 44.7 Å². The number of aromatic nitrogens is 4. The molecule has 0 saturated heterocycles. The first-order valence-electron chi connectivity index (χ1n) is 10.5. The van der Waals surface area contributed by atoms with Crippen molar-refractivity contribution in [3.8, 4) is 0 Å². The molecule has 1 amide bonds. The molecule has 2 N–H and O–H groups in total. The minimum atomic E-state index is -0.462. The molecule has 0 aliphatic carbocycles. The van der Waals surface area contributed by atoms with E-state index in [0.717, 1.165) is 29.8 Å². The minimum absolute atomic E-state index is 0.00417. The van der Waals surface area contributed by atoms with Crippen LogP contribution < -0.4 is 10.6 Å². The molecule has 10 nitrogen and oxygen atoms in total. The quantitative estimate of drug-likeness (QED) is 0.194. The van der Waals surface area contributed by atoms with Crippen LogP contribution >= 0.6 is 11.8 Å². The second-order valence-electron chi connectivity index (χ2n) is 7.50. The van der Waals surface area contributed by atoms with E-state index in [9.17, 15) is 14.9 Å². The third-order valence-corrected chi connectivity index (χ3v) is 5.38. The van der Waals surface area contributed by atoms with Gasteiger partial charge in [-0.25, -0.2) is 14.6 Å². The van der Waals surface area contributed by atoms with Gasteiger partial charge < -0.3 is 10.6 Å². The lowest BCUT2D eigenvalue weighted by atomic mass is 10.1. The second-order valence-corrected chi connectivity index (χ2v) is 9.05. The molecule has 0 spiro atoms. The van der Waals surface area contributed by atoms with Crippen LogP contribution in [-0.4, -0.2) is 48.9 Å². The summed E-state index contributed by atoms with van der Waals surface area (Å²) in [6.45, 7) is 7.94. The molecule has 0 saturated carbocycles. The van der Waals surface area contributed by atoms with E-state index in [1.807, 2.05) is 0 Å². The van der Waals surface area contributed by atoms with Gasteiger partial charge in [0, 0.05) is 30.5 Å². The summed E-state index contributed by atoms with van der Waals surface area (Å²) in [5, 5.41) is 23.3. The fourth-order valence-electron chi connectivity index (χ4n) is 3.03. The Kier molecular flexibility index (Phi) is 7.98. The summed E-state index contributed by atoms with van der Waals surface area (Å²) < 4.78 is 1.77. The number of nitrogens with one attached hydrogen (secondary N) is 2. The molecule has 2 aromatic heterocycles. The van der Waals surface area contributed by atoms with Gasteiger partial charge in [-0.05, 0) is 12.0 Å². The van der Waals surface area contributed by atoms with Crippen molar-refractivity contribution in [1.29, 1.82) is 0 Å². The number of carbonyl (C=O) groups is 1. The van der Waals surface area contributed by atoms with Crippen LogP contribution in [0.4, 0.5) is 11.5 Å². The maximum absolute atomic E-state index is 12.3. The molecular weight excluding hydrogens is 430 g/mol. The Labute approximate surface area is 190 Å². The number of hydrogen-bond donors (Lipinski definition) is 2. The molecule has 3 rings (SSSR count). The Balaban J connectivity index is 1.65. The predicted octanol–water partition coefficient (Wildman–Crippen LogP) is 3.42. The number of thioether (sulfide) groups is 1. The maximum atomic E-state index is 12.3. The van der Waals surface area contributed by atoms with E-state index in [0.29, 0.717) is 29.1 Å². The van der Waals surface area contributed by atoms with Crippen molar-refractivity contribution in [2.75, 3.05) is 18.4 Å². The molecule has 0 aliphatic rings.